The highest BCUT2D eigenvalue weighted by Crippen LogP contribution is 2.51. The normalized spacial score (nSPS) is 39.2. The van der Waals surface area contributed by atoms with Gasteiger partial charge in [-0.3, -0.25) is 4.90 Å². The van der Waals surface area contributed by atoms with Crippen molar-refractivity contribution in [1.82, 2.24) is 4.90 Å². The average Bonchev–Trinajstić information content (AvgIpc) is 2.87. The Balaban J connectivity index is 1.57. The molecular formula is C15H27NO. The Bertz CT molecular complexity index is 285. The van der Waals surface area contributed by atoms with Gasteiger partial charge in [0.2, 0.25) is 0 Å². The van der Waals surface area contributed by atoms with Gasteiger partial charge >= 0.3 is 0 Å². The number of ether oxygens (including phenoxy) is 1. The van der Waals surface area contributed by atoms with Gasteiger partial charge in [-0.25, -0.2) is 0 Å². The van der Waals surface area contributed by atoms with Crippen molar-refractivity contribution in [3.63, 3.8) is 0 Å². The summed E-state index contributed by atoms with van der Waals surface area (Å²) in [5.41, 5.74) is 0.537. The van der Waals surface area contributed by atoms with E-state index in [1.54, 1.807) is 0 Å². The standard InChI is InChI=1S/C15H27NO/c1-11(2)17-10-15(6-7-15)9-16-13-4-5-14(16)12(3)8-13/h11-14H,4-10H2,1-3H3. The first-order chi connectivity index (χ1) is 8.10. The first kappa shape index (κ1) is 12.0. The Morgan fingerprint density at radius 1 is 1.29 bits per heavy atom. The van der Waals surface area contributed by atoms with E-state index in [0.717, 1.165) is 24.6 Å². The number of nitrogens with zero attached hydrogens (tertiary/aromatic N) is 1. The maximum atomic E-state index is 5.87. The van der Waals surface area contributed by atoms with Gasteiger partial charge in [0.15, 0.2) is 0 Å². The first-order valence-corrected chi connectivity index (χ1v) is 7.47. The number of rotatable bonds is 5. The lowest BCUT2D eigenvalue weighted by atomic mass is 9.91. The third-order valence-corrected chi connectivity index (χ3v) is 5.19. The second kappa shape index (κ2) is 4.24. The Kier molecular flexibility index (Phi) is 2.99. The monoisotopic (exact) mass is 237 g/mol. The molecule has 3 rings (SSSR count). The van der Waals surface area contributed by atoms with Crippen LogP contribution < -0.4 is 0 Å². The van der Waals surface area contributed by atoms with Crippen molar-refractivity contribution in [3.8, 4) is 0 Å². The van der Waals surface area contributed by atoms with E-state index in [2.05, 4.69) is 25.7 Å². The highest BCUT2D eigenvalue weighted by Gasteiger charge is 2.51. The largest absolute Gasteiger partial charge is 0.378 e. The summed E-state index contributed by atoms with van der Waals surface area (Å²) in [5.74, 6) is 0.940. The predicted octanol–water partition coefficient (Wildman–Crippen LogP) is 3.06. The third kappa shape index (κ3) is 2.26. The molecule has 3 fully saturated rings. The molecule has 2 aliphatic heterocycles. The zero-order valence-corrected chi connectivity index (χ0v) is 11.6. The predicted molar refractivity (Wildman–Crippen MR) is 70.1 cm³/mol. The van der Waals surface area contributed by atoms with Crippen molar-refractivity contribution < 1.29 is 4.74 Å². The van der Waals surface area contributed by atoms with Crippen LogP contribution in [0.2, 0.25) is 0 Å². The van der Waals surface area contributed by atoms with Gasteiger partial charge in [-0.2, -0.15) is 0 Å². The third-order valence-electron chi connectivity index (χ3n) is 5.19. The molecule has 0 aromatic carbocycles. The quantitative estimate of drug-likeness (QED) is 0.728. The van der Waals surface area contributed by atoms with E-state index in [9.17, 15) is 0 Å². The van der Waals surface area contributed by atoms with Crippen LogP contribution in [-0.2, 0) is 4.74 Å². The van der Waals surface area contributed by atoms with E-state index in [0.29, 0.717) is 11.5 Å². The molecular weight excluding hydrogens is 210 g/mol. The molecule has 2 heteroatoms. The lowest BCUT2D eigenvalue weighted by molar-refractivity contribution is 0.0282. The Hall–Kier alpha value is -0.0800. The Morgan fingerprint density at radius 2 is 2.06 bits per heavy atom. The molecule has 98 valence electrons. The van der Waals surface area contributed by atoms with E-state index in [1.807, 2.05) is 0 Å². The molecule has 1 aliphatic carbocycles. The molecule has 3 atom stereocenters. The smallest absolute Gasteiger partial charge is 0.0538 e. The molecule has 0 amide bonds. The summed E-state index contributed by atoms with van der Waals surface area (Å²) in [4.78, 5) is 2.83. The van der Waals surface area contributed by atoms with Gasteiger partial charge in [0, 0.05) is 24.0 Å². The summed E-state index contributed by atoms with van der Waals surface area (Å²) in [5, 5.41) is 0. The average molecular weight is 237 g/mol. The van der Waals surface area contributed by atoms with Crippen molar-refractivity contribution in [2.75, 3.05) is 13.2 Å². The molecule has 0 aromatic heterocycles. The highest BCUT2D eigenvalue weighted by atomic mass is 16.5. The lowest BCUT2D eigenvalue weighted by Crippen LogP contribution is -2.37. The molecule has 0 spiro atoms. The van der Waals surface area contributed by atoms with E-state index >= 15 is 0 Å². The fourth-order valence-electron chi connectivity index (χ4n) is 3.92. The van der Waals surface area contributed by atoms with Gasteiger partial charge in [0.25, 0.3) is 0 Å². The second-order valence-corrected chi connectivity index (χ2v) is 7.04. The van der Waals surface area contributed by atoms with Crippen LogP contribution in [0.15, 0.2) is 0 Å². The minimum absolute atomic E-state index is 0.390. The van der Waals surface area contributed by atoms with Gasteiger partial charge in [-0.15, -0.1) is 0 Å². The lowest BCUT2D eigenvalue weighted by Gasteiger charge is -2.28. The van der Waals surface area contributed by atoms with Crippen molar-refractivity contribution >= 4 is 0 Å². The van der Waals surface area contributed by atoms with E-state index in [1.165, 1.54) is 38.6 Å². The Labute approximate surface area is 106 Å². The molecule has 0 radical (unpaired) electrons. The van der Waals surface area contributed by atoms with Crippen molar-refractivity contribution in [2.45, 2.75) is 71.1 Å². The molecule has 2 nitrogen and oxygen atoms in total. The Morgan fingerprint density at radius 3 is 2.53 bits per heavy atom. The fraction of sp³-hybridized carbons (Fsp3) is 1.00. The number of fused-ring (bicyclic) bond motifs is 2. The SMILES string of the molecule is CC(C)OCC1(CN2C3CCC2C(C)C3)CC1. The van der Waals surface area contributed by atoms with Gasteiger partial charge < -0.3 is 4.74 Å². The van der Waals surface area contributed by atoms with E-state index < -0.39 is 0 Å². The van der Waals surface area contributed by atoms with Crippen LogP contribution in [0.25, 0.3) is 0 Å². The van der Waals surface area contributed by atoms with Gasteiger partial charge in [0.05, 0.1) is 12.7 Å². The second-order valence-electron chi connectivity index (χ2n) is 7.04. The summed E-state index contributed by atoms with van der Waals surface area (Å²) < 4.78 is 5.87. The number of hydrogen-bond acceptors (Lipinski definition) is 2. The molecule has 1 saturated carbocycles. The molecule has 3 unspecified atom stereocenters. The van der Waals surface area contributed by atoms with Crippen LogP contribution in [0.5, 0.6) is 0 Å². The zero-order valence-electron chi connectivity index (χ0n) is 11.6. The molecule has 3 aliphatic rings. The van der Waals surface area contributed by atoms with Gasteiger partial charge in [0.1, 0.15) is 0 Å². The summed E-state index contributed by atoms with van der Waals surface area (Å²) in [6, 6.07) is 1.81. The van der Waals surface area contributed by atoms with E-state index in [-0.39, 0.29) is 0 Å². The summed E-state index contributed by atoms with van der Waals surface area (Å²) >= 11 is 0. The highest BCUT2D eigenvalue weighted by molar-refractivity contribution is 5.04. The van der Waals surface area contributed by atoms with E-state index in [4.69, 9.17) is 4.74 Å². The molecule has 2 bridgehead atoms. The van der Waals surface area contributed by atoms with Crippen LogP contribution in [0.3, 0.4) is 0 Å². The fourth-order valence-corrected chi connectivity index (χ4v) is 3.92. The summed E-state index contributed by atoms with van der Waals surface area (Å²) in [7, 11) is 0. The maximum absolute atomic E-state index is 5.87. The topological polar surface area (TPSA) is 12.5 Å². The molecule has 0 aromatic rings. The van der Waals surface area contributed by atoms with Crippen LogP contribution in [0, 0.1) is 11.3 Å². The minimum Gasteiger partial charge on any atom is -0.378 e. The van der Waals surface area contributed by atoms with Crippen LogP contribution in [-0.4, -0.2) is 36.2 Å². The van der Waals surface area contributed by atoms with Crippen LogP contribution in [0.1, 0.15) is 52.9 Å². The summed E-state index contributed by atoms with van der Waals surface area (Å²) in [6.07, 6.45) is 7.53. The molecule has 2 heterocycles. The minimum atomic E-state index is 0.390. The van der Waals surface area contributed by atoms with Crippen molar-refractivity contribution in [3.05, 3.63) is 0 Å². The zero-order chi connectivity index (χ0) is 12.0. The number of hydrogen-bond donors (Lipinski definition) is 0. The maximum Gasteiger partial charge on any atom is 0.0538 e. The molecule has 0 N–H and O–H groups in total. The van der Waals surface area contributed by atoms with Gasteiger partial charge in [-0.1, -0.05) is 6.92 Å². The van der Waals surface area contributed by atoms with Gasteiger partial charge in [-0.05, 0) is 51.9 Å². The van der Waals surface area contributed by atoms with Crippen LogP contribution >= 0.6 is 0 Å². The van der Waals surface area contributed by atoms with Crippen LogP contribution in [0.4, 0.5) is 0 Å². The van der Waals surface area contributed by atoms with Crippen molar-refractivity contribution in [1.29, 1.82) is 0 Å². The molecule has 17 heavy (non-hydrogen) atoms. The van der Waals surface area contributed by atoms with Crippen molar-refractivity contribution in [2.24, 2.45) is 11.3 Å². The molecule has 2 saturated heterocycles. The first-order valence-electron chi connectivity index (χ1n) is 7.47. The summed E-state index contributed by atoms with van der Waals surface area (Å²) in [6.45, 7) is 9.06.